The first-order valence-corrected chi connectivity index (χ1v) is 6.93. The molecule has 0 saturated carbocycles. The van der Waals surface area contributed by atoms with E-state index in [1.807, 2.05) is 24.3 Å². The number of carbonyl (C=O) groups excluding carboxylic acids is 1. The maximum Gasteiger partial charge on any atom is 0.319 e. The first-order chi connectivity index (χ1) is 9.69. The van der Waals surface area contributed by atoms with Crippen LogP contribution in [0, 0.1) is 0 Å². The molecule has 0 fully saturated rings. The SMILES string of the molecule is CCOC(=O)CNCc1nnc(-c2ccc(Br)cc2)o1. The Morgan fingerprint density at radius 2 is 2.10 bits per heavy atom. The molecule has 0 aliphatic heterocycles. The van der Waals surface area contributed by atoms with Crippen LogP contribution in [0.2, 0.25) is 0 Å². The summed E-state index contributed by atoms with van der Waals surface area (Å²) in [5, 5.41) is 10.8. The van der Waals surface area contributed by atoms with Crippen LogP contribution in [0.5, 0.6) is 0 Å². The van der Waals surface area contributed by atoms with Gasteiger partial charge in [-0.3, -0.25) is 10.1 Å². The predicted octanol–water partition coefficient (Wildman–Crippen LogP) is 2.15. The molecule has 0 radical (unpaired) electrons. The molecule has 1 heterocycles. The average Bonchev–Trinajstić information content (AvgIpc) is 2.89. The van der Waals surface area contributed by atoms with Crippen LogP contribution < -0.4 is 5.32 Å². The van der Waals surface area contributed by atoms with E-state index < -0.39 is 0 Å². The van der Waals surface area contributed by atoms with Gasteiger partial charge in [-0.2, -0.15) is 0 Å². The summed E-state index contributed by atoms with van der Waals surface area (Å²) < 4.78 is 11.3. The highest BCUT2D eigenvalue weighted by Gasteiger charge is 2.09. The molecule has 0 atom stereocenters. The van der Waals surface area contributed by atoms with Crippen LogP contribution in [0.15, 0.2) is 33.2 Å². The lowest BCUT2D eigenvalue weighted by molar-refractivity contribution is -0.142. The molecular formula is C13H14BrN3O3. The average molecular weight is 340 g/mol. The number of hydrogen-bond acceptors (Lipinski definition) is 6. The smallest absolute Gasteiger partial charge is 0.319 e. The van der Waals surface area contributed by atoms with E-state index in [2.05, 4.69) is 31.4 Å². The number of esters is 1. The Bertz CT molecular complexity index is 568. The molecular weight excluding hydrogens is 326 g/mol. The first-order valence-electron chi connectivity index (χ1n) is 6.13. The van der Waals surface area contributed by atoms with Crippen molar-refractivity contribution in [1.29, 1.82) is 0 Å². The molecule has 0 unspecified atom stereocenters. The van der Waals surface area contributed by atoms with Gasteiger partial charge in [-0.05, 0) is 31.2 Å². The number of aromatic nitrogens is 2. The number of nitrogens with one attached hydrogen (secondary N) is 1. The van der Waals surface area contributed by atoms with Gasteiger partial charge < -0.3 is 9.15 Å². The van der Waals surface area contributed by atoms with Gasteiger partial charge in [-0.1, -0.05) is 15.9 Å². The number of hydrogen-bond donors (Lipinski definition) is 1. The van der Waals surface area contributed by atoms with Crippen LogP contribution >= 0.6 is 15.9 Å². The van der Waals surface area contributed by atoms with Crippen molar-refractivity contribution in [3.63, 3.8) is 0 Å². The van der Waals surface area contributed by atoms with E-state index in [1.165, 1.54) is 0 Å². The van der Waals surface area contributed by atoms with E-state index in [4.69, 9.17) is 9.15 Å². The highest BCUT2D eigenvalue weighted by molar-refractivity contribution is 9.10. The minimum absolute atomic E-state index is 0.115. The summed E-state index contributed by atoms with van der Waals surface area (Å²) in [6.45, 7) is 2.57. The van der Waals surface area contributed by atoms with Crippen molar-refractivity contribution in [3.05, 3.63) is 34.6 Å². The topological polar surface area (TPSA) is 77.2 Å². The Kier molecular flexibility index (Phi) is 5.25. The van der Waals surface area contributed by atoms with Crippen molar-refractivity contribution in [2.75, 3.05) is 13.2 Å². The molecule has 0 aliphatic rings. The maximum atomic E-state index is 11.1. The van der Waals surface area contributed by atoms with E-state index in [-0.39, 0.29) is 12.5 Å². The zero-order chi connectivity index (χ0) is 14.4. The molecule has 106 valence electrons. The second-order valence-electron chi connectivity index (χ2n) is 3.92. The zero-order valence-corrected chi connectivity index (χ0v) is 12.5. The van der Waals surface area contributed by atoms with Gasteiger partial charge in [0.2, 0.25) is 11.8 Å². The van der Waals surface area contributed by atoms with Gasteiger partial charge >= 0.3 is 5.97 Å². The maximum absolute atomic E-state index is 11.1. The third kappa shape index (κ3) is 4.14. The highest BCUT2D eigenvalue weighted by Crippen LogP contribution is 2.20. The Morgan fingerprint density at radius 3 is 2.80 bits per heavy atom. The van der Waals surface area contributed by atoms with E-state index in [1.54, 1.807) is 6.92 Å². The molecule has 20 heavy (non-hydrogen) atoms. The van der Waals surface area contributed by atoms with Crippen LogP contribution in [0.25, 0.3) is 11.5 Å². The van der Waals surface area contributed by atoms with E-state index >= 15 is 0 Å². The molecule has 6 nitrogen and oxygen atoms in total. The van der Waals surface area contributed by atoms with E-state index in [0.717, 1.165) is 10.0 Å². The minimum Gasteiger partial charge on any atom is -0.465 e. The van der Waals surface area contributed by atoms with E-state index in [0.29, 0.717) is 24.9 Å². The van der Waals surface area contributed by atoms with Gasteiger partial charge in [0, 0.05) is 10.0 Å². The van der Waals surface area contributed by atoms with Crippen molar-refractivity contribution in [2.24, 2.45) is 0 Å². The van der Waals surface area contributed by atoms with Gasteiger partial charge in [0.1, 0.15) is 0 Å². The minimum atomic E-state index is -0.305. The van der Waals surface area contributed by atoms with Gasteiger partial charge in [0.25, 0.3) is 0 Å². The molecule has 0 amide bonds. The lowest BCUT2D eigenvalue weighted by Gasteiger charge is -2.01. The second-order valence-corrected chi connectivity index (χ2v) is 4.83. The quantitative estimate of drug-likeness (QED) is 0.812. The lowest BCUT2D eigenvalue weighted by atomic mass is 10.2. The second kappa shape index (κ2) is 7.16. The summed E-state index contributed by atoms with van der Waals surface area (Å²) in [5.74, 6) is 0.567. The first kappa shape index (κ1) is 14.7. The van der Waals surface area contributed by atoms with Gasteiger partial charge in [0.05, 0.1) is 19.7 Å². The Hall–Kier alpha value is -1.73. The molecule has 1 N–H and O–H groups in total. The summed E-state index contributed by atoms with van der Waals surface area (Å²) in [5.41, 5.74) is 0.845. The van der Waals surface area contributed by atoms with Crippen molar-refractivity contribution in [3.8, 4) is 11.5 Å². The van der Waals surface area contributed by atoms with Crippen molar-refractivity contribution >= 4 is 21.9 Å². The third-order valence-corrected chi connectivity index (χ3v) is 2.94. The van der Waals surface area contributed by atoms with Gasteiger partial charge in [0.15, 0.2) is 0 Å². The fourth-order valence-corrected chi connectivity index (χ4v) is 1.78. The summed E-state index contributed by atoms with van der Waals surface area (Å²) >= 11 is 3.36. The third-order valence-electron chi connectivity index (χ3n) is 2.41. The van der Waals surface area contributed by atoms with Crippen molar-refractivity contribution in [1.82, 2.24) is 15.5 Å². The molecule has 7 heteroatoms. The number of ether oxygens (including phenoxy) is 1. The van der Waals surface area contributed by atoms with Crippen LogP contribution in [0.1, 0.15) is 12.8 Å². The lowest BCUT2D eigenvalue weighted by Crippen LogP contribution is -2.24. The van der Waals surface area contributed by atoms with Crippen molar-refractivity contribution < 1.29 is 13.9 Å². The van der Waals surface area contributed by atoms with Crippen molar-refractivity contribution in [2.45, 2.75) is 13.5 Å². The van der Waals surface area contributed by atoms with Gasteiger partial charge in [-0.25, -0.2) is 0 Å². The summed E-state index contributed by atoms with van der Waals surface area (Å²) in [6.07, 6.45) is 0. The normalized spacial score (nSPS) is 10.5. The largest absolute Gasteiger partial charge is 0.465 e. The monoisotopic (exact) mass is 339 g/mol. The van der Waals surface area contributed by atoms with E-state index in [9.17, 15) is 4.79 Å². The number of rotatable bonds is 6. The van der Waals surface area contributed by atoms with Crippen LogP contribution in [0.3, 0.4) is 0 Å². The standard InChI is InChI=1S/C13H14BrN3O3/c1-2-19-12(18)8-15-7-11-16-17-13(20-11)9-3-5-10(14)6-4-9/h3-6,15H,2,7-8H2,1H3. The molecule has 2 aromatic rings. The molecule has 0 spiro atoms. The summed E-state index contributed by atoms with van der Waals surface area (Å²) in [4.78, 5) is 11.1. The van der Waals surface area contributed by atoms with Crippen LogP contribution in [-0.2, 0) is 16.1 Å². The molecule has 0 saturated heterocycles. The molecule has 2 rings (SSSR count). The Labute approximate surface area is 124 Å². The fraction of sp³-hybridized carbons (Fsp3) is 0.308. The molecule has 0 bridgehead atoms. The summed E-state index contributed by atoms with van der Waals surface area (Å²) in [6, 6.07) is 7.57. The van der Waals surface area contributed by atoms with Crippen LogP contribution in [-0.4, -0.2) is 29.3 Å². The fourth-order valence-electron chi connectivity index (χ4n) is 1.52. The highest BCUT2D eigenvalue weighted by atomic mass is 79.9. The number of halogens is 1. The molecule has 1 aromatic carbocycles. The number of nitrogens with zero attached hydrogens (tertiary/aromatic N) is 2. The molecule has 1 aromatic heterocycles. The molecule has 0 aliphatic carbocycles. The number of carbonyl (C=O) groups is 1. The number of benzene rings is 1. The predicted molar refractivity (Wildman–Crippen MR) is 75.8 cm³/mol. The van der Waals surface area contributed by atoms with Crippen LogP contribution in [0.4, 0.5) is 0 Å². The summed E-state index contributed by atoms with van der Waals surface area (Å²) in [7, 11) is 0. The van der Waals surface area contributed by atoms with Gasteiger partial charge in [-0.15, -0.1) is 10.2 Å². The Balaban J connectivity index is 1.89. The zero-order valence-electron chi connectivity index (χ0n) is 10.9. The Morgan fingerprint density at radius 1 is 1.35 bits per heavy atom.